The van der Waals surface area contributed by atoms with Crippen molar-refractivity contribution < 1.29 is 4.79 Å². The molecule has 0 bridgehead atoms. The lowest BCUT2D eigenvalue weighted by molar-refractivity contribution is 0.111. The fraction of sp³-hybridized carbons (Fsp3) is 0.632. The first-order chi connectivity index (χ1) is 11.5. The highest BCUT2D eigenvalue weighted by atomic mass is 16.2. The first kappa shape index (κ1) is 18.7. The minimum Gasteiger partial charge on any atom is -0.336 e. The van der Waals surface area contributed by atoms with Gasteiger partial charge in [-0.05, 0) is 32.9 Å². The Balaban J connectivity index is 2.02. The summed E-state index contributed by atoms with van der Waals surface area (Å²) in [4.78, 5) is 16.9. The zero-order valence-corrected chi connectivity index (χ0v) is 15.5. The summed E-state index contributed by atoms with van der Waals surface area (Å²) in [6.07, 6.45) is 0.938. The number of urea groups is 1. The molecule has 1 heterocycles. The number of benzene rings is 1. The van der Waals surface area contributed by atoms with E-state index in [0.29, 0.717) is 6.54 Å². The Labute approximate surface area is 146 Å². The number of nitrogens with zero attached hydrogens (tertiary/aromatic N) is 2. The molecule has 5 nitrogen and oxygen atoms in total. The quantitative estimate of drug-likeness (QED) is 0.841. The van der Waals surface area contributed by atoms with Gasteiger partial charge in [-0.1, -0.05) is 36.8 Å². The van der Waals surface area contributed by atoms with Gasteiger partial charge in [0, 0.05) is 38.8 Å². The predicted octanol–water partition coefficient (Wildman–Crippen LogP) is 2.38. The number of piperazine rings is 1. The van der Waals surface area contributed by atoms with Gasteiger partial charge >= 0.3 is 6.03 Å². The van der Waals surface area contributed by atoms with Gasteiger partial charge in [-0.3, -0.25) is 4.90 Å². The molecule has 24 heavy (non-hydrogen) atoms. The maximum atomic E-state index is 12.1. The van der Waals surface area contributed by atoms with Crippen LogP contribution < -0.4 is 10.6 Å². The van der Waals surface area contributed by atoms with Crippen LogP contribution in [0.15, 0.2) is 24.3 Å². The minimum atomic E-state index is -0.0735. The molecule has 5 heteroatoms. The number of hydrogen-bond donors (Lipinski definition) is 2. The standard InChI is InChI=1S/C19H32N4O/c1-5-16(3)21-19(24)20-14-18(17-8-6-15(2)7-9-17)23-12-10-22(4)11-13-23/h6-9,16,18H,5,10-14H2,1-4H3,(H2,20,21,24). The Hall–Kier alpha value is -1.59. The Morgan fingerprint density at radius 2 is 1.79 bits per heavy atom. The maximum absolute atomic E-state index is 12.1. The van der Waals surface area contributed by atoms with Crippen LogP contribution in [0.5, 0.6) is 0 Å². The van der Waals surface area contributed by atoms with Crippen molar-refractivity contribution in [1.82, 2.24) is 20.4 Å². The summed E-state index contributed by atoms with van der Waals surface area (Å²) in [6, 6.07) is 9.03. The van der Waals surface area contributed by atoms with E-state index in [4.69, 9.17) is 0 Å². The number of aryl methyl sites for hydroxylation is 1. The van der Waals surface area contributed by atoms with E-state index in [9.17, 15) is 4.79 Å². The van der Waals surface area contributed by atoms with Gasteiger partial charge in [-0.15, -0.1) is 0 Å². The highest BCUT2D eigenvalue weighted by Crippen LogP contribution is 2.22. The summed E-state index contributed by atoms with van der Waals surface area (Å²) in [5.41, 5.74) is 2.53. The molecule has 1 aromatic rings. The smallest absolute Gasteiger partial charge is 0.315 e. The van der Waals surface area contributed by atoms with E-state index in [0.717, 1.165) is 32.6 Å². The van der Waals surface area contributed by atoms with E-state index in [1.54, 1.807) is 0 Å². The summed E-state index contributed by atoms with van der Waals surface area (Å²) in [7, 11) is 2.16. The second-order valence-corrected chi connectivity index (χ2v) is 6.93. The Kier molecular flexibility index (Phi) is 7.06. The van der Waals surface area contributed by atoms with Crippen molar-refractivity contribution in [3.63, 3.8) is 0 Å². The predicted molar refractivity (Wildman–Crippen MR) is 99.3 cm³/mol. The molecular weight excluding hydrogens is 300 g/mol. The molecule has 2 N–H and O–H groups in total. The molecule has 0 aliphatic carbocycles. The van der Waals surface area contributed by atoms with E-state index >= 15 is 0 Å². The Morgan fingerprint density at radius 1 is 1.17 bits per heavy atom. The van der Waals surface area contributed by atoms with Crippen molar-refractivity contribution in [3.8, 4) is 0 Å². The normalized spacial score (nSPS) is 18.8. The molecule has 1 fully saturated rings. The number of rotatable bonds is 6. The summed E-state index contributed by atoms with van der Waals surface area (Å²) in [6.45, 7) is 11.0. The fourth-order valence-electron chi connectivity index (χ4n) is 2.95. The van der Waals surface area contributed by atoms with E-state index < -0.39 is 0 Å². The molecule has 1 aliphatic rings. The lowest BCUT2D eigenvalue weighted by Gasteiger charge is -2.38. The van der Waals surface area contributed by atoms with Crippen LogP contribution in [0.2, 0.25) is 0 Å². The molecule has 2 unspecified atom stereocenters. The molecule has 1 aromatic carbocycles. The van der Waals surface area contributed by atoms with Crippen molar-refractivity contribution in [3.05, 3.63) is 35.4 Å². The van der Waals surface area contributed by atoms with Crippen LogP contribution in [0.1, 0.15) is 37.4 Å². The summed E-state index contributed by atoms with van der Waals surface area (Å²) in [5.74, 6) is 0. The van der Waals surface area contributed by atoms with Crippen LogP contribution in [-0.4, -0.2) is 61.6 Å². The van der Waals surface area contributed by atoms with Crippen molar-refractivity contribution in [2.24, 2.45) is 0 Å². The van der Waals surface area contributed by atoms with Crippen LogP contribution >= 0.6 is 0 Å². The molecule has 1 aliphatic heterocycles. The average Bonchev–Trinajstić information content (AvgIpc) is 2.58. The topological polar surface area (TPSA) is 47.6 Å². The third-order valence-electron chi connectivity index (χ3n) is 4.89. The minimum absolute atomic E-state index is 0.0735. The summed E-state index contributed by atoms with van der Waals surface area (Å²) >= 11 is 0. The summed E-state index contributed by atoms with van der Waals surface area (Å²) < 4.78 is 0. The number of nitrogens with one attached hydrogen (secondary N) is 2. The van der Waals surface area contributed by atoms with Gasteiger partial charge in [0.2, 0.25) is 0 Å². The lowest BCUT2D eigenvalue weighted by Crippen LogP contribution is -2.50. The van der Waals surface area contributed by atoms with Crippen LogP contribution in [0, 0.1) is 6.92 Å². The molecule has 2 atom stereocenters. The Morgan fingerprint density at radius 3 is 2.38 bits per heavy atom. The first-order valence-corrected chi connectivity index (χ1v) is 9.03. The van der Waals surface area contributed by atoms with Gasteiger partial charge in [0.15, 0.2) is 0 Å². The number of carbonyl (C=O) groups excluding carboxylic acids is 1. The van der Waals surface area contributed by atoms with Crippen molar-refractivity contribution in [2.45, 2.75) is 39.3 Å². The zero-order valence-electron chi connectivity index (χ0n) is 15.5. The molecule has 2 amide bonds. The SMILES string of the molecule is CCC(C)NC(=O)NCC(c1ccc(C)cc1)N1CCN(C)CC1. The summed E-state index contributed by atoms with van der Waals surface area (Å²) in [5, 5.41) is 6.04. The van der Waals surface area contributed by atoms with E-state index in [1.165, 1.54) is 11.1 Å². The van der Waals surface area contributed by atoms with Crippen LogP contribution in [0.4, 0.5) is 4.79 Å². The largest absolute Gasteiger partial charge is 0.336 e. The van der Waals surface area contributed by atoms with E-state index in [-0.39, 0.29) is 18.1 Å². The van der Waals surface area contributed by atoms with Gasteiger partial charge in [0.25, 0.3) is 0 Å². The second kappa shape index (κ2) is 9.04. The van der Waals surface area contributed by atoms with Gasteiger partial charge in [0.05, 0.1) is 6.04 Å². The third kappa shape index (κ3) is 5.49. The lowest BCUT2D eigenvalue weighted by atomic mass is 10.0. The van der Waals surface area contributed by atoms with Gasteiger partial charge in [-0.2, -0.15) is 0 Å². The molecule has 0 radical (unpaired) electrons. The van der Waals surface area contributed by atoms with Crippen LogP contribution in [0.3, 0.4) is 0 Å². The maximum Gasteiger partial charge on any atom is 0.315 e. The van der Waals surface area contributed by atoms with Gasteiger partial charge in [0.1, 0.15) is 0 Å². The number of carbonyl (C=O) groups is 1. The van der Waals surface area contributed by atoms with Gasteiger partial charge in [-0.25, -0.2) is 4.79 Å². The molecule has 1 saturated heterocycles. The molecule has 0 aromatic heterocycles. The molecule has 0 saturated carbocycles. The zero-order chi connectivity index (χ0) is 17.5. The third-order valence-corrected chi connectivity index (χ3v) is 4.89. The number of amides is 2. The second-order valence-electron chi connectivity index (χ2n) is 6.93. The van der Waals surface area contributed by atoms with Gasteiger partial charge < -0.3 is 15.5 Å². The van der Waals surface area contributed by atoms with Crippen molar-refractivity contribution in [2.75, 3.05) is 39.8 Å². The van der Waals surface area contributed by atoms with Crippen molar-refractivity contribution >= 4 is 6.03 Å². The highest BCUT2D eigenvalue weighted by molar-refractivity contribution is 5.74. The molecule has 2 rings (SSSR count). The molecular formula is C19H32N4O. The highest BCUT2D eigenvalue weighted by Gasteiger charge is 2.24. The monoisotopic (exact) mass is 332 g/mol. The number of hydrogen-bond acceptors (Lipinski definition) is 3. The fourth-order valence-corrected chi connectivity index (χ4v) is 2.95. The molecule has 134 valence electrons. The first-order valence-electron chi connectivity index (χ1n) is 9.03. The Bertz CT molecular complexity index is 509. The number of likely N-dealkylation sites (N-methyl/N-ethyl adjacent to an activating group) is 1. The van der Waals surface area contributed by atoms with Crippen LogP contribution in [-0.2, 0) is 0 Å². The average molecular weight is 332 g/mol. The van der Waals surface area contributed by atoms with Crippen molar-refractivity contribution in [1.29, 1.82) is 0 Å². The van der Waals surface area contributed by atoms with E-state index in [2.05, 4.69) is 65.6 Å². The van der Waals surface area contributed by atoms with Crippen LogP contribution in [0.25, 0.3) is 0 Å². The van der Waals surface area contributed by atoms with E-state index in [1.807, 2.05) is 6.92 Å². The molecule has 0 spiro atoms.